The number of imidazole rings is 1. The zero-order chi connectivity index (χ0) is 25.2. The van der Waals surface area contributed by atoms with E-state index < -0.39 is 0 Å². The first-order chi connectivity index (χ1) is 18.2. The van der Waals surface area contributed by atoms with E-state index in [0.717, 1.165) is 77.3 Å². The number of amides is 1. The quantitative estimate of drug-likeness (QED) is 0.350. The van der Waals surface area contributed by atoms with E-state index in [0.29, 0.717) is 18.8 Å². The summed E-state index contributed by atoms with van der Waals surface area (Å²) in [5.74, 6) is 2.45. The molecule has 0 saturated carbocycles. The summed E-state index contributed by atoms with van der Waals surface area (Å²) in [4.78, 5) is 24.1. The summed E-state index contributed by atoms with van der Waals surface area (Å²) in [5.41, 5.74) is 5.90. The van der Waals surface area contributed by atoms with Crippen molar-refractivity contribution in [1.82, 2.24) is 35.2 Å². The molecule has 186 valence electrons. The molecular weight excluding hydrogens is 464 g/mol. The fourth-order valence-electron chi connectivity index (χ4n) is 5.00. The average molecular weight is 493 g/mol. The third-order valence-electron chi connectivity index (χ3n) is 6.85. The lowest BCUT2D eigenvalue weighted by Crippen LogP contribution is -2.35. The number of carbonyl (C=O) groups excluding carboxylic acids is 1. The molecule has 0 aliphatic carbocycles. The van der Waals surface area contributed by atoms with Gasteiger partial charge in [-0.1, -0.05) is 55.5 Å². The van der Waals surface area contributed by atoms with Gasteiger partial charge in [-0.3, -0.25) is 9.69 Å². The number of aromatic nitrogens is 7. The Kier molecular flexibility index (Phi) is 6.18. The zero-order valence-electron chi connectivity index (χ0n) is 20.8. The molecule has 5 aromatic rings. The van der Waals surface area contributed by atoms with E-state index in [4.69, 9.17) is 9.97 Å². The molecule has 6 rings (SSSR count). The Morgan fingerprint density at radius 3 is 2.54 bits per heavy atom. The highest BCUT2D eigenvalue weighted by Gasteiger charge is 2.22. The van der Waals surface area contributed by atoms with E-state index in [1.54, 1.807) is 0 Å². The van der Waals surface area contributed by atoms with Gasteiger partial charge in [0.1, 0.15) is 17.2 Å². The highest BCUT2D eigenvalue weighted by atomic mass is 16.2. The topological polar surface area (TPSA) is 105 Å². The van der Waals surface area contributed by atoms with Gasteiger partial charge in [-0.05, 0) is 53.3 Å². The Morgan fingerprint density at radius 2 is 1.78 bits per heavy atom. The lowest BCUT2D eigenvalue weighted by molar-refractivity contribution is -0.119. The number of rotatable bonds is 7. The van der Waals surface area contributed by atoms with Crippen molar-refractivity contribution in [2.24, 2.45) is 0 Å². The molecule has 0 atom stereocenters. The van der Waals surface area contributed by atoms with Gasteiger partial charge in [0.2, 0.25) is 11.7 Å². The Bertz CT molecular complexity index is 1540. The van der Waals surface area contributed by atoms with Gasteiger partial charge in [0.05, 0.1) is 6.54 Å². The number of aryl methyl sites for hydroxylation is 1. The van der Waals surface area contributed by atoms with Crippen LogP contribution in [0.5, 0.6) is 0 Å². The average Bonchev–Trinajstić information content (AvgIpc) is 3.58. The normalized spacial score (nSPS) is 14.0. The lowest BCUT2D eigenvalue weighted by atomic mass is 9.98. The number of benzene rings is 2. The van der Waals surface area contributed by atoms with Crippen LogP contribution in [-0.4, -0.2) is 47.6 Å². The first-order valence-electron chi connectivity index (χ1n) is 12.8. The summed E-state index contributed by atoms with van der Waals surface area (Å²) in [5, 5.41) is 14.5. The standard InChI is InChI=1S/C28H28N8O/c1-2-7-24-29-23-15-16-25(35-17-6-5-10-26(35)37)30-28(23)36(24)18-19-11-13-20(14-12-19)21-8-3-4-9-22(21)27-31-33-34-32-27/h3-4,8-9,11-16H,2,5-7,10,17-18H2,1H3,(H,31,32,33,34). The number of tetrazole rings is 1. The fraction of sp³-hybridized carbons (Fsp3) is 0.286. The zero-order valence-corrected chi connectivity index (χ0v) is 20.8. The minimum atomic E-state index is 0.148. The molecule has 1 aliphatic heterocycles. The third-order valence-corrected chi connectivity index (χ3v) is 6.85. The van der Waals surface area contributed by atoms with Crippen molar-refractivity contribution >= 4 is 22.9 Å². The van der Waals surface area contributed by atoms with Crippen LogP contribution in [0.25, 0.3) is 33.7 Å². The largest absolute Gasteiger partial charge is 0.308 e. The molecule has 1 fully saturated rings. The number of nitrogens with one attached hydrogen (secondary N) is 1. The Balaban J connectivity index is 1.33. The van der Waals surface area contributed by atoms with E-state index in [-0.39, 0.29) is 5.91 Å². The van der Waals surface area contributed by atoms with Crippen molar-refractivity contribution in [1.29, 1.82) is 0 Å². The van der Waals surface area contributed by atoms with Crippen molar-refractivity contribution < 1.29 is 4.79 Å². The Hall–Kier alpha value is -4.40. The first-order valence-corrected chi connectivity index (χ1v) is 12.8. The smallest absolute Gasteiger partial charge is 0.228 e. The van der Waals surface area contributed by atoms with Crippen LogP contribution < -0.4 is 4.90 Å². The van der Waals surface area contributed by atoms with Gasteiger partial charge in [-0.25, -0.2) is 9.97 Å². The number of nitrogens with zero attached hydrogens (tertiary/aromatic N) is 7. The van der Waals surface area contributed by atoms with Crippen molar-refractivity contribution in [3.63, 3.8) is 0 Å². The van der Waals surface area contributed by atoms with Crippen LogP contribution in [0.1, 0.15) is 44.0 Å². The van der Waals surface area contributed by atoms with Crippen molar-refractivity contribution in [3.05, 3.63) is 72.1 Å². The number of hydrogen-bond acceptors (Lipinski definition) is 6. The van der Waals surface area contributed by atoms with E-state index >= 15 is 0 Å². The van der Waals surface area contributed by atoms with Crippen molar-refractivity contribution in [2.45, 2.75) is 45.6 Å². The first kappa shape index (κ1) is 23.0. The number of pyridine rings is 1. The molecule has 0 unspecified atom stereocenters. The summed E-state index contributed by atoms with van der Waals surface area (Å²) >= 11 is 0. The molecule has 9 nitrogen and oxygen atoms in total. The molecular formula is C28H28N8O. The van der Waals surface area contributed by atoms with Gasteiger partial charge in [-0.15, -0.1) is 10.2 Å². The molecule has 0 radical (unpaired) electrons. The summed E-state index contributed by atoms with van der Waals surface area (Å²) in [7, 11) is 0. The number of hydrogen-bond donors (Lipinski definition) is 1. The molecule has 37 heavy (non-hydrogen) atoms. The van der Waals surface area contributed by atoms with Crippen LogP contribution in [0.4, 0.5) is 5.82 Å². The van der Waals surface area contributed by atoms with Gasteiger partial charge in [0.25, 0.3) is 0 Å². The molecule has 1 amide bonds. The highest BCUT2D eigenvalue weighted by molar-refractivity contribution is 5.94. The van der Waals surface area contributed by atoms with Gasteiger partial charge < -0.3 is 4.57 Å². The van der Waals surface area contributed by atoms with Crippen LogP contribution in [0.3, 0.4) is 0 Å². The van der Waals surface area contributed by atoms with Gasteiger partial charge in [-0.2, -0.15) is 5.21 Å². The maximum atomic E-state index is 12.5. The minimum Gasteiger partial charge on any atom is -0.308 e. The molecule has 0 bridgehead atoms. The molecule has 1 aliphatic rings. The van der Waals surface area contributed by atoms with E-state index in [2.05, 4.69) is 62.4 Å². The monoisotopic (exact) mass is 492 g/mol. The number of H-pyrrole nitrogens is 1. The van der Waals surface area contributed by atoms with Crippen LogP contribution in [0, 0.1) is 0 Å². The molecule has 9 heteroatoms. The Labute approximate surface area is 214 Å². The third kappa shape index (κ3) is 4.48. The second-order valence-corrected chi connectivity index (χ2v) is 9.36. The van der Waals surface area contributed by atoms with Crippen molar-refractivity contribution in [2.75, 3.05) is 11.4 Å². The SMILES string of the molecule is CCCc1nc2ccc(N3CCCCC3=O)nc2n1Cc1ccc(-c2ccccc2-c2nn[nH]n2)cc1. The molecule has 1 saturated heterocycles. The lowest BCUT2D eigenvalue weighted by Gasteiger charge is -2.25. The molecule has 3 aromatic heterocycles. The Morgan fingerprint density at radius 1 is 0.946 bits per heavy atom. The molecule has 1 N–H and O–H groups in total. The predicted molar refractivity (Wildman–Crippen MR) is 142 cm³/mol. The van der Waals surface area contributed by atoms with Crippen LogP contribution >= 0.6 is 0 Å². The minimum absolute atomic E-state index is 0.148. The highest BCUT2D eigenvalue weighted by Crippen LogP contribution is 2.30. The fourth-order valence-corrected chi connectivity index (χ4v) is 5.00. The van der Waals surface area contributed by atoms with Gasteiger partial charge >= 0.3 is 0 Å². The van der Waals surface area contributed by atoms with E-state index in [9.17, 15) is 4.79 Å². The molecule has 2 aromatic carbocycles. The second-order valence-electron chi connectivity index (χ2n) is 9.36. The summed E-state index contributed by atoms with van der Waals surface area (Å²) in [6.45, 7) is 3.54. The maximum Gasteiger partial charge on any atom is 0.228 e. The molecule has 4 heterocycles. The number of fused-ring (bicyclic) bond motifs is 1. The van der Waals surface area contributed by atoms with Crippen LogP contribution in [0.15, 0.2) is 60.7 Å². The molecule has 0 spiro atoms. The summed E-state index contributed by atoms with van der Waals surface area (Å²) in [6, 6.07) is 20.5. The predicted octanol–water partition coefficient (Wildman–Crippen LogP) is 4.80. The summed E-state index contributed by atoms with van der Waals surface area (Å²) < 4.78 is 2.19. The van der Waals surface area contributed by atoms with Crippen molar-refractivity contribution in [3.8, 4) is 22.5 Å². The van der Waals surface area contributed by atoms with E-state index in [1.807, 2.05) is 35.2 Å². The van der Waals surface area contributed by atoms with Crippen LogP contribution in [0.2, 0.25) is 0 Å². The number of aromatic amines is 1. The van der Waals surface area contributed by atoms with E-state index in [1.165, 1.54) is 0 Å². The number of piperidine rings is 1. The summed E-state index contributed by atoms with van der Waals surface area (Å²) in [6.07, 6.45) is 4.40. The maximum absolute atomic E-state index is 12.5. The number of anilines is 1. The second kappa shape index (κ2) is 9.93. The van der Waals surface area contributed by atoms with Gasteiger partial charge in [0.15, 0.2) is 5.65 Å². The van der Waals surface area contributed by atoms with Gasteiger partial charge in [0, 0.05) is 24.9 Å². The number of carbonyl (C=O) groups is 1. The van der Waals surface area contributed by atoms with Crippen LogP contribution in [-0.2, 0) is 17.8 Å².